The smallest absolute Gasteiger partial charge is 0.0529 e. The molecule has 3 heteroatoms. The van der Waals surface area contributed by atoms with Gasteiger partial charge in [0.05, 0.1) is 10.8 Å². The Morgan fingerprint density at radius 1 is 0.810 bits per heavy atom. The first-order valence-electron chi connectivity index (χ1n) is 8.25. The van der Waals surface area contributed by atoms with Gasteiger partial charge in [0.25, 0.3) is 0 Å². The molecule has 0 N–H and O–H groups in total. The molecule has 0 heterocycles. The summed E-state index contributed by atoms with van der Waals surface area (Å²) < 4.78 is 12.1. The van der Waals surface area contributed by atoms with Gasteiger partial charge in [-0.15, -0.1) is 11.6 Å². The number of benzene rings is 1. The highest BCUT2D eigenvalue weighted by Crippen LogP contribution is 2.13. The highest BCUT2D eigenvalue weighted by molar-refractivity contribution is 7.85. The Morgan fingerprint density at radius 3 is 1.81 bits per heavy atom. The van der Waals surface area contributed by atoms with Crippen LogP contribution in [0.4, 0.5) is 0 Å². The summed E-state index contributed by atoms with van der Waals surface area (Å²) in [5.41, 5.74) is 1.22. The topological polar surface area (TPSA) is 17.1 Å². The molecular weight excluding hydrogens is 300 g/mol. The average molecular weight is 329 g/mol. The number of halogens is 1. The molecule has 0 bridgehead atoms. The fraction of sp³-hybridized carbons (Fsp3) is 0.667. The minimum Gasteiger partial charge on any atom is -0.254 e. The Kier molecular flexibility index (Phi) is 10.9. The summed E-state index contributed by atoms with van der Waals surface area (Å²) in [5.74, 6) is 1.61. The van der Waals surface area contributed by atoms with E-state index in [1.54, 1.807) is 0 Å². The van der Waals surface area contributed by atoms with E-state index in [4.69, 9.17) is 11.6 Å². The molecule has 0 saturated heterocycles. The van der Waals surface area contributed by atoms with Crippen molar-refractivity contribution < 1.29 is 4.21 Å². The molecule has 1 rings (SSSR count). The first kappa shape index (κ1) is 18.7. The third-order valence-corrected chi connectivity index (χ3v) is 5.47. The van der Waals surface area contributed by atoms with Gasteiger partial charge in [-0.1, -0.05) is 62.6 Å². The van der Waals surface area contributed by atoms with Crippen molar-refractivity contribution in [3.05, 3.63) is 29.8 Å². The van der Waals surface area contributed by atoms with Crippen molar-refractivity contribution in [3.8, 4) is 0 Å². The predicted molar refractivity (Wildman–Crippen MR) is 94.7 cm³/mol. The molecule has 0 aliphatic rings. The molecule has 1 aromatic carbocycles. The van der Waals surface area contributed by atoms with Crippen LogP contribution in [0.1, 0.15) is 63.4 Å². The summed E-state index contributed by atoms with van der Waals surface area (Å²) in [4.78, 5) is 0.972. The Labute approximate surface area is 137 Å². The standard InChI is InChI=1S/C18H29ClOS/c1-17-11-13-18(14-12-17)21(20)16-10-8-6-4-2-3-5-7-9-15-19/h11-14H,2-10,15-16H2,1H3. The lowest BCUT2D eigenvalue weighted by molar-refractivity contribution is 0.573. The third kappa shape index (κ3) is 9.31. The van der Waals surface area contributed by atoms with Gasteiger partial charge in [0.2, 0.25) is 0 Å². The van der Waals surface area contributed by atoms with Crippen molar-refractivity contribution in [2.75, 3.05) is 11.6 Å². The maximum absolute atomic E-state index is 12.1. The van der Waals surface area contributed by atoms with E-state index in [0.29, 0.717) is 0 Å². The summed E-state index contributed by atoms with van der Waals surface area (Å²) in [5, 5.41) is 0. The Balaban J connectivity index is 1.96. The lowest BCUT2D eigenvalue weighted by Gasteiger charge is -2.04. The van der Waals surface area contributed by atoms with Crippen LogP contribution in [-0.2, 0) is 10.8 Å². The molecule has 0 fully saturated rings. The Hall–Kier alpha value is -0.340. The minimum absolute atomic E-state index is 0.804. The van der Waals surface area contributed by atoms with Crippen LogP contribution in [0.25, 0.3) is 0 Å². The van der Waals surface area contributed by atoms with E-state index in [0.717, 1.165) is 29.4 Å². The molecule has 1 nitrogen and oxygen atoms in total. The van der Waals surface area contributed by atoms with Gasteiger partial charge in [-0.3, -0.25) is 4.21 Å². The van der Waals surface area contributed by atoms with Gasteiger partial charge in [-0.05, 0) is 31.9 Å². The lowest BCUT2D eigenvalue weighted by Crippen LogP contribution is -1.98. The highest BCUT2D eigenvalue weighted by atomic mass is 35.5. The fourth-order valence-corrected chi connectivity index (χ4v) is 3.70. The maximum Gasteiger partial charge on any atom is 0.0529 e. The van der Waals surface area contributed by atoms with E-state index < -0.39 is 10.8 Å². The van der Waals surface area contributed by atoms with Gasteiger partial charge >= 0.3 is 0 Å². The molecular formula is C18H29ClOS. The maximum atomic E-state index is 12.1. The van der Waals surface area contributed by atoms with Gasteiger partial charge in [0.1, 0.15) is 0 Å². The predicted octanol–water partition coefficient (Wildman–Crippen LogP) is 5.85. The van der Waals surface area contributed by atoms with Crippen molar-refractivity contribution in [3.63, 3.8) is 0 Å². The largest absolute Gasteiger partial charge is 0.254 e. The normalized spacial score (nSPS) is 12.5. The van der Waals surface area contributed by atoms with E-state index in [1.165, 1.54) is 50.5 Å². The van der Waals surface area contributed by atoms with Crippen LogP contribution in [0.3, 0.4) is 0 Å². The first-order valence-corrected chi connectivity index (χ1v) is 10.1. The van der Waals surface area contributed by atoms with Gasteiger partial charge in [0.15, 0.2) is 0 Å². The summed E-state index contributed by atoms with van der Waals surface area (Å²) in [6.07, 6.45) is 11.3. The van der Waals surface area contributed by atoms with E-state index in [1.807, 2.05) is 24.3 Å². The zero-order valence-corrected chi connectivity index (χ0v) is 14.9. The molecule has 21 heavy (non-hydrogen) atoms. The van der Waals surface area contributed by atoms with Crippen molar-refractivity contribution in [1.29, 1.82) is 0 Å². The van der Waals surface area contributed by atoms with Crippen molar-refractivity contribution in [2.45, 2.75) is 69.6 Å². The molecule has 0 radical (unpaired) electrons. The van der Waals surface area contributed by atoms with E-state index in [9.17, 15) is 4.21 Å². The molecule has 0 aromatic heterocycles. The average Bonchev–Trinajstić information content (AvgIpc) is 2.49. The minimum atomic E-state index is -0.817. The number of aryl methyl sites for hydroxylation is 1. The van der Waals surface area contributed by atoms with E-state index in [-0.39, 0.29) is 0 Å². The second kappa shape index (κ2) is 12.2. The number of alkyl halides is 1. The van der Waals surface area contributed by atoms with Crippen LogP contribution < -0.4 is 0 Å². The quantitative estimate of drug-likeness (QED) is 0.347. The van der Waals surface area contributed by atoms with Gasteiger partial charge in [-0.25, -0.2) is 0 Å². The molecule has 1 aromatic rings. The number of unbranched alkanes of at least 4 members (excludes halogenated alkanes) is 8. The molecule has 120 valence electrons. The molecule has 1 unspecified atom stereocenters. The van der Waals surface area contributed by atoms with Crippen LogP contribution >= 0.6 is 11.6 Å². The number of rotatable bonds is 12. The zero-order valence-electron chi connectivity index (χ0n) is 13.3. The van der Waals surface area contributed by atoms with Gasteiger partial charge in [0, 0.05) is 16.5 Å². The first-order chi connectivity index (χ1) is 10.2. The summed E-state index contributed by atoms with van der Waals surface area (Å²) in [6.45, 7) is 2.06. The van der Waals surface area contributed by atoms with Gasteiger partial charge < -0.3 is 0 Å². The van der Waals surface area contributed by atoms with Crippen molar-refractivity contribution in [1.82, 2.24) is 0 Å². The zero-order chi connectivity index (χ0) is 15.3. The SMILES string of the molecule is Cc1ccc(S(=O)CCCCCCCCCCCCl)cc1. The summed E-state index contributed by atoms with van der Waals surface area (Å²) in [7, 11) is -0.817. The molecule has 0 amide bonds. The second-order valence-corrected chi connectivity index (χ2v) is 7.68. The molecule has 0 saturated carbocycles. The molecule has 0 spiro atoms. The molecule has 0 aliphatic carbocycles. The fourth-order valence-electron chi connectivity index (χ4n) is 2.37. The van der Waals surface area contributed by atoms with Crippen LogP contribution in [0.5, 0.6) is 0 Å². The monoisotopic (exact) mass is 328 g/mol. The van der Waals surface area contributed by atoms with Gasteiger partial charge in [-0.2, -0.15) is 0 Å². The summed E-state index contributed by atoms with van der Waals surface area (Å²) in [6, 6.07) is 8.06. The number of hydrogen-bond donors (Lipinski definition) is 0. The van der Waals surface area contributed by atoms with Crippen LogP contribution in [-0.4, -0.2) is 15.8 Å². The lowest BCUT2D eigenvalue weighted by atomic mass is 10.1. The van der Waals surface area contributed by atoms with Crippen molar-refractivity contribution in [2.24, 2.45) is 0 Å². The van der Waals surface area contributed by atoms with E-state index in [2.05, 4.69) is 6.92 Å². The Bertz CT molecular complexity index is 389. The van der Waals surface area contributed by atoms with Crippen LogP contribution in [0.2, 0.25) is 0 Å². The van der Waals surface area contributed by atoms with E-state index >= 15 is 0 Å². The van der Waals surface area contributed by atoms with Crippen LogP contribution in [0.15, 0.2) is 29.2 Å². The molecule has 1 atom stereocenters. The van der Waals surface area contributed by atoms with Crippen molar-refractivity contribution >= 4 is 22.4 Å². The van der Waals surface area contributed by atoms with Crippen LogP contribution in [0, 0.1) is 6.92 Å². The second-order valence-electron chi connectivity index (χ2n) is 5.73. The third-order valence-electron chi connectivity index (χ3n) is 3.75. The molecule has 0 aliphatic heterocycles. The Morgan fingerprint density at radius 2 is 1.29 bits per heavy atom. The summed E-state index contributed by atoms with van der Waals surface area (Å²) >= 11 is 5.65. The number of hydrogen-bond acceptors (Lipinski definition) is 1. The highest BCUT2D eigenvalue weighted by Gasteiger charge is 2.02.